The Morgan fingerprint density at radius 2 is 2.08 bits per heavy atom. The van der Waals surface area contributed by atoms with Crippen molar-refractivity contribution in [2.75, 3.05) is 13.2 Å². The Hall–Kier alpha value is -2.11. The van der Waals surface area contributed by atoms with Crippen LogP contribution in [0.2, 0.25) is 0 Å². The summed E-state index contributed by atoms with van der Waals surface area (Å²) in [5, 5.41) is 5.86. The highest BCUT2D eigenvalue weighted by Gasteiger charge is 2.29. The van der Waals surface area contributed by atoms with E-state index in [1.54, 1.807) is 6.07 Å². The van der Waals surface area contributed by atoms with Gasteiger partial charge >= 0.3 is 0 Å². The molecular weight excluding hydrogens is 311 g/mol. The number of fused-ring (bicyclic) bond motifs is 1. The van der Waals surface area contributed by atoms with E-state index < -0.39 is 0 Å². The van der Waals surface area contributed by atoms with Crippen LogP contribution in [-0.2, 0) is 9.59 Å². The van der Waals surface area contributed by atoms with Gasteiger partial charge in [0.2, 0.25) is 11.8 Å². The van der Waals surface area contributed by atoms with Crippen LogP contribution in [0.15, 0.2) is 18.2 Å². The molecule has 1 heterocycles. The van der Waals surface area contributed by atoms with Crippen LogP contribution in [-0.4, -0.2) is 25.0 Å². The minimum absolute atomic E-state index is 0.0576. The van der Waals surface area contributed by atoms with E-state index in [9.17, 15) is 14.0 Å². The third kappa shape index (κ3) is 4.46. The van der Waals surface area contributed by atoms with Crippen LogP contribution in [0.4, 0.5) is 4.39 Å². The predicted octanol–water partition coefficient (Wildman–Crippen LogP) is 2.46. The minimum atomic E-state index is -0.341. The molecule has 0 aromatic heterocycles. The highest BCUT2D eigenvalue weighted by atomic mass is 19.1. The lowest BCUT2D eigenvalue weighted by molar-refractivity contribution is -0.124. The number of rotatable bonds is 6. The summed E-state index contributed by atoms with van der Waals surface area (Å²) in [5.74, 6) is 0.411. The molecule has 6 heteroatoms. The van der Waals surface area contributed by atoms with Gasteiger partial charge in [0.1, 0.15) is 11.6 Å². The molecule has 1 aromatic carbocycles. The first-order valence-electron chi connectivity index (χ1n) is 8.63. The zero-order chi connectivity index (χ0) is 16.9. The van der Waals surface area contributed by atoms with E-state index in [-0.39, 0.29) is 29.6 Å². The Kier molecular flexibility index (Phi) is 5.33. The van der Waals surface area contributed by atoms with Crippen molar-refractivity contribution in [3.63, 3.8) is 0 Å². The van der Waals surface area contributed by atoms with Crippen LogP contribution in [0, 0.1) is 11.7 Å². The first-order chi connectivity index (χ1) is 11.6. The van der Waals surface area contributed by atoms with Gasteiger partial charge in [0, 0.05) is 30.5 Å². The maximum Gasteiger partial charge on any atom is 0.223 e. The SMILES string of the molecule is O=C(CCCNC(=O)C1CC1)N[C@H]1CCCOc2cc(F)ccc21. The second kappa shape index (κ2) is 7.64. The average molecular weight is 334 g/mol. The van der Waals surface area contributed by atoms with Gasteiger partial charge in [-0.15, -0.1) is 0 Å². The topological polar surface area (TPSA) is 67.4 Å². The van der Waals surface area contributed by atoms with Gasteiger partial charge in [0.05, 0.1) is 12.6 Å². The van der Waals surface area contributed by atoms with Crippen molar-refractivity contribution in [1.82, 2.24) is 10.6 Å². The fourth-order valence-corrected chi connectivity index (χ4v) is 2.91. The Balaban J connectivity index is 1.47. The van der Waals surface area contributed by atoms with E-state index in [0.29, 0.717) is 31.7 Å². The first kappa shape index (κ1) is 16.7. The number of ether oxygens (including phenoxy) is 1. The molecule has 1 atom stereocenters. The standard InChI is InChI=1S/C18H23FN2O3/c19-13-7-8-14-15(3-2-10-24-16(14)11-13)21-17(22)4-1-9-20-18(23)12-5-6-12/h7-8,11-12,15H,1-6,9-10H2,(H,20,23)(H,21,22)/t15-/m0/s1. The molecule has 1 aliphatic carbocycles. The molecule has 1 fully saturated rings. The summed E-state index contributed by atoms with van der Waals surface area (Å²) in [6.07, 6.45) is 4.51. The lowest BCUT2D eigenvalue weighted by Gasteiger charge is -2.18. The van der Waals surface area contributed by atoms with Crippen molar-refractivity contribution in [3.05, 3.63) is 29.6 Å². The highest BCUT2D eigenvalue weighted by Crippen LogP contribution is 2.32. The van der Waals surface area contributed by atoms with Gasteiger partial charge in [-0.1, -0.05) is 6.07 Å². The molecule has 1 aromatic rings. The van der Waals surface area contributed by atoms with E-state index in [0.717, 1.165) is 31.2 Å². The summed E-state index contributed by atoms with van der Waals surface area (Å²) >= 11 is 0. The molecule has 1 saturated carbocycles. The molecule has 2 aliphatic rings. The van der Waals surface area contributed by atoms with Crippen LogP contribution >= 0.6 is 0 Å². The number of benzene rings is 1. The van der Waals surface area contributed by atoms with Crippen molar-refractivity contribution < 1.29 is 18.7 Å². The first-order valence-corrected chi connectivity index (χ1v) is 8.63. The van der Waals surface area contributed by atoms with Gasteiger partial charge in [-0.05, 0) is 38.2 Å². The molecule has 2 amide bonds. The molecule has 3 rings (SSSR count). The second-order valence-corrected chi connectivity index (χ2v) is 6.46. The zero-order valence-corrected chi connectivity index (χ0v) is 13.6. The lowest BCUT2D eigenvalue weighted by atomic mass is 10.0. The minimum Gasteiger partial charge on any atom is -0.493 e. The molecule has 0 spiro atoms. The molecule has 0 unspecified atom stereocenters. The molecule has 0 radical (unpaired) electrons. The largest absolute Gasteiger partial charge is 0.493 e. The fraction of sp³-hybridized carbons (Fsp3) is 0.556. The van der Waals surface area contributed by atoms with E-state index in [1.807, 2.05) is 0 Å². The van der Waals surface area contributed by atoms with Crippen LogP contribution < -0.4 is 15.4 Å². The summed E-state index contributed by atoms with van der Waals surface area (Å²) in [5.41, 5.74) is 0.823. The van der Waals surface area contributed by atoms with Gasteiger partial charge in [-0.2, -0.15) is 0 Å². The van der Waals surface area contributed by atoms with Gasteiger partial charge in [-0.3, -0.25) is 9.59 Å². The average Bonchev–Trinajstić information content (AvgIpc) is 3.39. The van der Waals surface area contributed by atoms with Gasteiger partial charge in [0.25, 0.3) is 0 Å². The van der Waals surface area contributed by atoms with Gasteiger partial charge in [0.15, 0.2) is 0 Å². The predicted molar refractivity (Wildman–Crippen MR) is 87.0 cm³/mol. The highest BCUT2D eigenvalue weighted by molar-refractivity contribution is 5.81. The van der Waals surface area contributed by atoms with Gasteiger partial charge < -0.3 is 15.4 Å². The normalized spacial score (nSPS) is 19.6. The van der Waals surface area contributed by atoms with Crippen molar-refractivity contribution >= 4 is 11.8 Å². The summed E-state index contributed by atoms with van der Waals surface area (Å²) in [7, 11) is 0. The maximum atomic E-state index is 13.3. The number of hydrogen-bond donors (Lipinski definition) is 2. The summed E-state index contributed by atoms with van der Waals surface area (Å²) in [6.45, 7) is 1.05. The number of carbonyl (C=O) groups is 2. The molecular formula is C18H23FN2O3. The quantitative estimate of drug-likeness (QED) is 0.785. The number of carbonyl (C=O) groups excluding carboxylic acids is 2. The number of amides is 2. The van der Waals surface area contributed by atoms with Crippen molar-refractivity contribution in [1.29, 1.82) is 0 Å². The molecule has 2 N–H and O–H groups in total. The third-order valence-corrected chi connectivity index (χ3v) is 4.41. The fourth-order valence-electron chi connectivity index (χ4n) is 2.91. The molecule has 5 nitrogen and oxygen atoms in total. The van der Waals surface area contributed by atoms with E-state index in [1.165, 1.54) is 12.1 Å². The van der Waals surface area contributed by atoms with Gasteiger partial charge in [-0.25, -0.2) is 4.39 Å². The Morgan fingerprint density at radius 1 is 1.25 bits per heavy atom. The van der Waals surface area contributed by atoms with Crippen LogP contribution in [0.5, 0.6) is 5.75 Å². The van der Waals surface area contributed by atoms with E-state index >= 15 is 0 Å². The summed E-state index contributed by atoms with van der Waals surface area (Å²) in [4.78, 5) is 23.7. The molecule has 0 saturated heterocycles. The third-order valence-electron chi connectivity index (χ3n) is 4.41. The molecule has 0 bridgehead atoms. The smallest absolute Gasteiger partial charge is 0.223 e. The zero-order valence-electron chi connectivity index (χ0n) is 13.6. The monoisotopic (exact) mass is 334 g/mol. The van der Waals surface area contributed by atoms with Crippen molar-refractivity contribution in [2.24, 2.45) is 5.92 Å². The Labute approximate surface area is 141 Å². The number of hydrogen-bond acceptors (Lipinski definition) is 3. The van der Waals surface area contributed by atoms with E-state index in [4.69, 9.17) is 4.74 Å². The Bertz CT molecular complexity index is 616. The lowest BCUT2D eigenvalue weighted by Crippen LogP contribution is -2.30. The van der Waals surface area contributed by atoms with Crippen LogP contribution in [0.1, 0.15) is 50.1 Å². The van der Waals surface area contributed by atoms with Crippen LogP contribution in [0.25, 0.3) is 0 Å². The number of halogens is 1. The maximum absolute atomic E-state index is 13.3. The molecule has 130 valence electrons. The molecule has 24 heavy (non-hydrogen) atoms. The second-order valence-electron chi connectivity index (χ2n) is 6.46. The van der Waals surface area contributed by atoms with E-state index in [2.05, 4.69) is 10.6 Å². The summed E-state index contributed by atoms with van der Waals surface area (Å²) in [6, 6.07) is 4.28. The van der Waals surface area contributed by atoms with Crippen LogP contribution in [0.3, 0.4) is 0 Å². The molecule has 1 aliphatic heterocycles. The number of nitrogens with one attached hydrogen (secondary N) is 2. The van der Waals surface area contributed by atoms with Crippen molar-refractivity contribution in [3.8, 4) is 5.75 Å². The van der Waals surface area contributed by atoms with Crippen molar-refractivity contribution in [2.45, 2.75) is 44.6 Å². The summed E-state index contributed by atoms with van der Waals surface area (Å²) < 4.78 is 18.9. The Morgan fingerprint density at radius 3 is 2.88 bits per heavy atom.